The summed E-state index contributed by atoms with van der Waals surface area (Å²) >= 11 is 0. The first kappa shape index (κ1) is 13.6. The number of likely N-dealkylation sites (tertiary alicyclic amines) is 2. The molecule has 2 saturated carbocycles. The molecule has 2 heterocycles. The van der Waals surface area contributed by atoms with Gasteiger partial charge in [-0.05, 0) is 83.0 Å². The largest absolute Gasteiger partial charge is 0.300 e. The maximum atomic E-state index is 2.89. The highest BCUT2D eigenvalue weighted by Gasteiger charge is 2.43. The SMILES string of the molecule is C1CCCN(C2CCN([C@H]3C[C@H]4CC[C@H]3C4)CC2)CC1. The van der Waals surface area contributed by atoms with Gasteiger partial charge in [-0.25, -0.2) is 0 Å². The first-order chi connectivity index (χ1) is 9.90. The summed E-state index contributed by atoms with van der Waals surface area (Å²) in [7, 11) is 0. The van der Waals surface area contributed by atoms with Gasteiger partial charge in [0.25, 0.3) is 0 Å². The predicted molar refractivity (Wildman–Crippen MR) is 83.9 cm³/mol. The minimum absolute atomic E-state index is 0.919. The third-order valence-electron chi connectivity index (χ3n) is 6.83. The van der Waals surface area contributed by atoms with Crippen LogP contribution in [-0.2, 0) is 0 Å². The van der Waals surface area contributed by atoms with Crippen molar-refractivity contribution >= 4 is 0 Å². The molecule has 2 heteroatoms. The lowest BCUT2D eigenvalue weighted by Crippen LogP contribution is -2.49. The summed E-state index contributed by atoms with van der Waals surface area (Å²) in [4.78, 5) is 5.73. The molecule has 2 nitrogen and oxygen atoms in total. The summed E-state index contributed by atoms with van der Waals surface area (Å²) in [6, 6.07) is 1.90. The van der Waals surface area contributed by atoms with Gasteiger partial charge in [-0.3, -0.25) is 4.90 Å². The van der Waals surface area contributed by atoms with Crippen LogP contribution in [0.4, 0.5) is 0 Å². The lowest BCUT2D eigenvalue weighted by atomic mass is 9.91. The third-order valence-corrected chi connectivity index (χ3v) is 6.83. The van der Waals surface area contributed by atoms with E-state index in [0.29, 0.717) is 0 Å². The minimum atomic E-state index is 0.919. The van der Waals surface area contributed by atoms with Crippen LogP contribution in [0, 0.1) is 11.8 Å². The van der Waals surface area contributed by atoms with E-state index in [1.807, 2.05) is 0 Å². The van der Waals surface area contributed by atoms with Crippen LogP contribution in [0.3, 0.4) is 0 Å². The Morgan fingerprint density at radius 2 is 1.35 bits per heavy atom. The van der Waals surface area contributed by atoms with Crippen LogP contribution >= 0.6 is 0 Å². The maximum absolute atomic E-state index is 2.89. The van der Waals surface area contributed by atoms with Gasteiger partial charge in [0, 0.05) is 12.1 Å². The lowest BCUT2D eigenvalue weighted by Gasteiger charge is -2.42. The molecule has 0 radical (unpaired) electrons. The molecular formula is C18H32N2. The smallest absolute Gasteiger partial charge is 0.0126 e. The van der Waals surface area contributed by atoms with E-state index in [4.69, 9.17) is 0 Å². The molecule has 4 aliphatic rings. The summed E-state index contributed by atoms with van der Waals surface area (Å²) in [6.07, 6.45) is 14.9. The Labute approximate surface area is 124 Å². The molecule has 0 spiro atoms. The quantitative estimate of drug-likeness (QED) is 0.761. The van der Waals surface area contributed by atoms with Crippen molar-refractivity contribution in [2.45, 2.75) is 76.3 Å². The van der Waals surface area contributed by atoms with Gasteiger partial charge in [-0.1, -0.05) is 19.3 Å². The van der Waals surface area contributed by atoms with E-state index in [0.717, 1.165) is 23.9 Å². The molecule has 0 unspecified atom stereocenters. The number of nitrogens with zero attached hydrogens (tertiary/aromatic N) is 2. The fraction of sp³-hybridized carbons (Fsp3) is 1.00. The average Bonchev–Trinajstić information content (AvgIpc) is 3.02. The van der Waals surface area contributed by atoms with E-state index in [2.05, 4.69) is 9.80 Å². The molecule has 2 bridgehead atoms. The second kappa shape index (κ2) is 5.96. The van der Waals surface area contributed by atoms with Crippen LogP contribution in [-0.4, -0.2) is 48.1 Å². The summed E-state index contributed by atoms with van der Waals surface area (Å²) in [6.45, 7) is 5.57. The molecule has 4 fully saturated rings. The topological polar surface area (TPSA) is 6.48 Å². The molecule has 4 rings (SSSR count). The van der Waals surface area contributed by atoms with Crippen molar-refractivity contribution in [3.63, 3.8) is 0 Å². The van der Waals surface area contributed by atoms with Crippen molar-refractivity contribution in [3.8, 4) is 0 Å². The predicted octanol–water partition coefficient (Wildman–Crippen LogP) is 3.52. The Kier molecular flexibility index (Phi) is 4.05. The second-order valence-electron chi connectivity index (χ2n) is 7.96. The molecule has 2 saturated heterocycles. The number of hydrogen-bond acceptors (Lipinski definition) is 2. The van der Waals surface area contributed by atoms with Crippen molar-refractivity contribution in [3.05, 3.63) is 0 Å². The van der Waals surface area contributed by atoms with Crippen molar-refractivity contribution < 1.29 is 0 Å². The Morgan fingerprint density at radius 3 is 1.95 bits per heavy atom. The van der Waals surface area contributed by atoms with E-state index < -0.39 is 0 Å². The molecular weight excluding hydrogens is 244 g/mol. The molecule has 2 aliphatic heterocycles. The van der Waals surface area contributed by atoms with Gasteiger partial charge in [-0.15, -0.1) is 0 Å². The molecule has 3 atom stereocenters. The Bertz CT molecular complexity index is 313. The normalized spacial score (nSPS) is 41.1. The van der Waals surface area contributed by atoms with Crippen LogP contribution in [0.1, 0.15) is 64.2 Å². The van der Waals surface area contributed by atoms with Crippen molar-refractivity contribution in [2.24, 2.45) is 11.8 Å². The zero-order valence-electron chi connectivity index (χ0n) is 13.1. The molecule has 114 valence electrons. The highest BCUT2D eigenvalue weighted by Crippen LogP contribution is 2.47. The van der Waals surface area contributed by atoms with Gasteiger partial charge in [0.15, 0.2) is 0 Å². The van der Waals surface area contributed by atoms with Crippen LogP contribution in [0.15, 0.2) is 0 Å². The van der Waals surface area contributed by atoms with Crippen LogP contribution in [0.2, 0.25) is 0 Å². The number of rotatable bonds is 2. The van der Waals surface area contributed by atoms with Crippen LogP contribution in [0.5, 0.6) is 0 Å². The van der Waals surface area contributed by atoms with E-state index in [1.54, 1.807) is 25.7 Å². The maximum Gasteiger partial charge on any atom is 0.0126 e. The number of piperidine rings is 1. The van der Waals surface area contributed by atoms with Crippen LogP contribution in [0.25, 0.3) is 0 Å². The van der Waals surface area contributed by atoms with Gasteiger partial charge in [0.05, 0.1) is 0 Å². The summed E-state index contributed by atoms with van der Waals surface area (Å²) in [5, 5.41) is 0. The summed E-state index contributed by atoms with van der Waals surface area (Å²) in [5.74, 6) is 2.18. The van der Waals surface area contributed by atoms with Gasteiger partial charge < -0.3 is 4.90 Å². The van der Waals surface area contributed by atoms with E-state index in [-0.39, 0.29) is 0 Å². The molecule has 20 heavy (non-hydrogen) atoms. The summed E-state index contributed by atoms with van der Waals surface area (Å²) in [5.41, 5.74) is 0. The molecule has 0 aromatic carbocycles. The average molecular weight is 276 g/mol. The standard InChI is InChI=1S/C18H32N2/c1-2-4-10-19(9-3-1)17-7-11-20(12-8-17)18-14-15-5-6-16(18)13-15/h15-18H,1-14H2/t15-,16-,18-/m0/s1. The third kappa shape index (κ3) is 2.66. The van der Waals surface area contributed by atoms with E-state index in [9.17, 15) is 0 Å². The highest BCUT2D eigenvalue weighted by atomic mass is 15.2. The molecule has 0 amide bonds. The second-order valence-corrected chi connectivity index (χ2v) is 7.96. The fourth-order valence-electron chi connectivity index (χ4n) is 5.70. The fourth-order valence-corrected chi connectivity index (χ4v) is 5.70. The first-order valence-corrected chi connectivity index (χ1v) is 9.38. The Hall–Kier alpha value is -0.0800. The molecule has 2 aliphatic carbocycles. The van der Waals surface area contributed by atoms with E-state index >= 15 is 0 Å². The lowest BCUT2D eigenvalue weighted by molar-refractivity contribution is 0.0654. The first-order valence-electron chi connectivity index (χ1n) is 9.38. The minimum Gasteiger partial charge on any atom is -0.300 e. The van der Waals surface area contributed by atoms with E-state index in [1.165, 1.54) is 64.7 Å². The highest BCUT2D eigenvalue weighted by molar-refractivity contribution is 4.97. The van der Waals surface area contributed by atoms with Gasteiger partial charge in [0.2, 0.25) is 0 Å². The zero-order valence-corrected chi connectivity index (χ0v) is 13.1. The van der Waals surface area contributed by atoms with Crippen molar-refractivity contribution in [1.29, 1.82) is 0 Å². The van der Waals surface area contributed by atoms with Gasteiger partial charge in [0.1, 0.15) is 0 Å². The molecule has 0 aromatic rings. The summed E-state index contributed by atoms with van der Waals surface area (Å²) < 4.78 is 0. The van der Waals surface area contributed by atoms with Crippen LogP contribution < -0.4 is 0 Å². The monoisotopic (exact) mass is 276 g/mol. The molecule has 0 N–H and O–H groups in total. The Balaban J connectivity index is 1.29. The zero-order chi connectivity index (χ0) is 13.4. The van der Waals surface area contributed by atoms with Gasteiger partial charge in [-0.2, -0.15) is 0 Å². The van der Waals surface area contributed by atoms with Crippen molar-refractivity contribution in [1.82, 2.24) is 9.80 Å². The Morgan fingerprint density at radius 1 is 0.600 bits per heavy atom. The van der Waals surface area contributed by atoms with Crippen molar-refractivity contribution in [2.75, 3.05) is 26.2 Å². The van der Waals surface area contributed by atoms with Gasteiger partial charge >= 0.3 is 0 Å². The number of fused-ring (bicyclic) bond motifs is 2. The number of hydrogen-bond donors (Lipinski definition) is 0. The molecule has 0 aromatic heterocycles.